The van der Waals surface area contributed by atoms with Gasteiger partial charge in [0.25, 0.3) is 0 Å². The Morgan fingerprint density at radius 2 is 1.94 bits per heavy atom. The summed E-state index contributed by atoms with van der Waals surface area (Å²) in [6.07, 6.45) is -1.98. The third kappa shape index (κ3) is 5.37. The number of alkyl halides is 3. The quantitative estimate of drug-likeness (QED) is 0.522. The number of amides is 1. The molecule has 0 spiro atoms. The fraction of sp³-hybridized carbons (Fsp3) is 0.316. The maximum atomic E-state index is 13.0. The largest absolute Gasteiger partial charge is 0.417 e. The number of nitrogens with one attached hydrogen (secondary N) is 2. The Labute approximate surface area is 186 Å². The van der Waals surface area contributed by atoms with Gasteiger partial charge in [-0.25, -0.2) is 22.8 Å². The van der Waals surface area contributed by atoms with Crippen LogP contribution in [-0.2, 0) is 21.0 Å². The van der Waals surface area contributed by atoms with Crippen molar-refractivity contribution < 1.29 is 26.4 Å². The molecule has 0 aliphatic rings. The van der Waals surface area contributed by atoms with Crippen molar-refractivity contribution >= 4 is 44.3 Å². The predicted octanol–water partition coefficient (Wildman–Crippen LogP) is 3.99. The zero-order chi connectivity index (χ0) is 23.7. The number of aromatic nitrogens is 3. The van der Waals surface area contributed by atoms with Crippen LogP contribution >= 0.6 is 11.6 Å². The summed E-state index contributed by atoms with van der Waals surface area (Å²) < 4.78 is 67.3. The van der Waals surface area contributed by atoms with Gasteiger partial charge in [0.2, 0.25) is 15.9 Å². The number of hydrogen-bond donors (Lipinski definition) is 2. The molecule has 32 heavy (non-hydrogen) atoms. The van der Waals surface area contributed by atoms with Crippen molar-refractivity contribution in [1.29, 1.82) is 0 Å². The Kier molecular flexibility index (Phi) is 6.77. The van der Waals surface area contributed by atoms with Gasteiger partial charge in [-0.05, 0) is 38.1 Å². The number of carbonyl (C=O) groups excluding carboxylic acids is 1. The van der Waals surface area contributed by atoms with E-state index in [0.29, 0.717) is 17.4 Å². The summed E-state index contributed by atoms with van der Waals surface area (Å²) in [5, 5.41) is 6.94. The molecular formula is C19H19ClF3N5O3S. The molecule has 172 valence electrons. The summed E-state index contributed by atoms with van der Waals surface area (Å²) in [5.41, 5.74) is -0.198. The van der Waals surface area contributed by atoms with Crippen LogP contribution in [0.2, 0.25) is 5.02 Å². The molecule has 0 aliphatic heterocycles. The van der Waals surface area contributed by atoms with Gasteiger partial charge in [-0.3, -0.25) is 4.79 Å². The Bertz CT molecular complexity index is 1260. The van der Waals surface area contributed by atoms with Crippen LogP contribution in [0.1, 0.15) is 31.9 Å². The average molecular weight is 490 g/mol. The zero-order valence-electron chi connectivity index (χ0n) is 16.9. The number of nitrogens with zero attached hydrogens (tertiary/aromatic N) is 3. The second kappa shape index (κ2) is 9.04. The molecule has 1 amide bonds. The Balaban J connectivity index is 1.61. The molecule has 0 radical (unpaired) electrons. The van der Waals surface area contributed by atoms with Gasteiger partial charge < -0.3 is 5.32 Å². The van der Waals surface area contributed by atoms with Crippen molar-refractivity contribution in [2.24, 2.45) is 0 Å². The molecular weight excluding hydrogens is 471 g/mol. The molecule has 0 aliphatic carbocycles. The topological polar surface area (TPSA) is 106 Å². The first kappa shape index (κ1) is 24.0. The zero-order valence-corrected chi connectivity index (χ0v) is 18.5. The molecule has 0 saturated heterocycles. The molecule has 3 rings (SSSR count). The van der Waals surface area contributed by atoms with Crippen LogP contribution in [0, 0.1) is 0 Å². The highest BCUT2D eigenvalue weighted by atomic mass is 35.5. The standard InChI is InChI=1S/C19H19ClF3N5O3S/c1-11(2)28-18-12(9-25-28)7-13(10-24-18)27-17(29)5-6-26-32(30,31)14-3-4-16(20)15(8-14)19(21,22)23/h3-4,7-11,26H,5-6H2,1-2H3,(H,27,29). The number of pyridine rings is 1. The first-order valence-electron chi connectivity index (χ1n) is 9.38. The fourth-order valence-electron chi connectivity index (χ4n) is 2.88. The van der Waals surface area contributed by atoms with Crippen molar-refractivity contribution in [3.05, 3.63) is 47.2 Å². The van der Waals surface area contributed by atoms with Gasteiger partial charge in [0.15, 0.2) is 5.65 Å². The molecule has 8 nitrogen and oxygen atoms in total. The first-order valence-corrected chi connectivity index (χ1v) is 11.2. The van der Waals surface area contributed by atoms with E-state index >= 15 is 0 Å². The van der Waals surface area contributed by atoms with Crippen LogP contribution in [0.4, 0.5) is 18.9 Å². The lowest BCUT2D eigenvalue weighted by Crippen LogP contribution is -2.28. The SMILES string of the molecule is CC(C)n1ncc2cc(NC(=O)CCNS(=O)(=O)c3ccc(Cl)c(C(F)(F)F)c3)cnc21. The molecule has 0 fully saturated rings. The van der Waals surface area contributed by atoms with Crippen LogP contribution in [0.3, 0.4) is 0 Å². The maximum absolute atomic E-state index is 13.0. The molecule has 2 aromatic heterocycles. The van der Waals surface area contributed by atoms with Crippen LogP contribution in [0.25, 0.3) is 11.0 Å². The molecule has 0 saturated carbocycles. The molecule has 13 heteroatoms. The first-order chi connectivity index (χ1) is 14.9. The second-order valence-corrected chi connectivity index (χ2v) is 9.33. The van der Waals surface area contributed by atoms with E-state index in [1.165, 1.54) is 6.20 Å². The minimum atomic E-state index is -4.80. The minimum absolute atomic E-state index is 0.112. The number of halogens is 4. The summed E-state index contributed by atoms with van der Waals surface area (Å²) in [6, 6.07) is 4.06. The lowest BCUT2D eigenvalue weighted by molar-refractivity contribution is -0.137. The summed E-state index contributed by atoms with van der Waals surface area (Å²) >= 11 is 5.51. The number of sulfonamides is 1. The van der Waals surface area contributed by atoms with E-state index in [9.17, 15) is 26.4 Å². The number of rotatable bonds is 7. The molecule has 3 aromatic rings. The number of carbonyl (C=O) groups is 1. The van der Waals surface area contributed by atoms with Gasteiger partial charge in [0.1, 0.15) is 0 Å². The van der Waals surface area contributed by atoms with Gasteiger partial charge in [0.05, 0.1) is 33.6 Å². The third-order valence-corrected chi connectivity index (χ3v) is 6.19. The molecule has 2 N–H and O–H groups in total. The Morgan fingerprint density at radius 3 is 2.59 bits per heavy atom. The lowest BCUT2D eigenvalue weighted by atomic mass is 10.2. The third-order valence-electron chi connectivity index (χ3n) is 4.40. The van der Waals surface area contributed by atoms with E-state index in [1.54, 1.807) is 16.9 Å². The summed E-state index contributed by atoms with van der Waals surface area (Å²) in [5.74, 6) is -0.503. The van der Waals surface area contributed by atoms with E-state index in [1.807, 2.05) is 13.8 Å². The van der Waals surface area contributed by atoms with Crippen molar-refractivity contribution in [2.75, 3.05) is 11.9 Å². The molecule has 0 bridgehead atoms. The van der Waals surface area contributed by atoms with Crippen LogP contribution in [0.15, 0.2) is 41.6 Å². The highest BCUT2D eigenvalue weighted by molar-refractivity contribution is 7.89. The van der Waals surface area contributed by atoms with Gasteiger partial charge in [-0.2, -0.15) is 18.3 Å². The fourth-order valence-corrected chi connectivity index (χ4v) is 4.16. The predicted molar refractivity (Wildman–Crippen MR) is 113 cm³/mol. The van der Waals surface area contributed by atoms with Crippen LogP contribution in [-0.4, -0.2) is 35.6 Å². The number of benzene rings is 1. The number of anilines is 1. The molecule has 0 unspecified atom stereocenters. The lowest BCUT2D eigenvalue weighted by Gasteiger charge is -2.12. The molecule has 2 heterocycles. The van der Waals surface area contributed by atoms with E-state index in [-0.39, 0.29) is 19.0 Å². The van der Waals surface area contributed by atoms with Crippen LogP contribution in [0.5, 0.6) is 0 Å². The number of fused-ring (bicyclic) bond motifs is 1. The normalized spacial score (nSPS) is 12.5. The Hall–Kier alpha value is -2.70. The van der Waals surface area contributed by atoms with Gasteiger partial charge in [-0.1, -0.05) is 11.6 Å². The average Bonchev–Trinajstić information content (AvgIpc) is 3.10. The van der Waals surface area contributed by atoms with Crippen molar-refractivity contribution in [1.82, 2.24) is 19.5 Å². The van der Waals surface area contributed by atoms with E-state index in [4.69, 9.17) is 11.6 Å². The van der Waals surface area contributed by atoms with Gasteiger partial charge in [0, 0.05) is 24.4 Å². The number of hydrogen-bond acceptors (Lipinski definition) is 5. The van der Waals surface area contributed by atoms with Crippen LogP contribution < -0.4 is 10.0 Å². The Morgan fingerprint density at radius 1 is 1.22 bits per heavy atom. The van der Waals surface area contributed by atoms with E-state index in [0.717, 1.165) is 17.5 Å². The van der Waals surface area contributed by atoms with Crippen molar-refractivity contribution in [3.63, 3.8) is 0 Å². The molecule has 1 aromatic carbocycles. The maximum Gasteiger partial charge on any atom is 0.417 e. The highest BCUT2D eigenvalue weighted by Crippen LogP contribution is 2.35. The van der Waals surface area contributed by atoms with Crippen molar-refractivity contribution in [3.8, 4) is 0 Å². The minimum Gasteiger partial charge on any atom is -0.325 e. The monoisotopic (exact) mass is 489 g/mol. The van der Waals surface area contributed by atoms with Crippen molar-refractivity contribution in [2.45, 2.75) is 37.4 Å². The summed E-state index contributed by atoms with van der Waals surface area (Å²) in [7, 11) is -4.27. The molecule has 0 atom stereocenters. The highest BCUT2D eigenvalue weighted by Gasteiger charge is 2.34. The van der Waals surface area contributed by atoms with Gasteiger partial charge >= 0.3 is 6.18 Å². The smallest absolute Gasteiger partial charge is 0.325 e. The van der Waals surface area contributed by atoms with E-state index in [2.05, 4.69) is 20.1 Å². The second-order valence-electron chi connectivity index (χ2n) is 7.16. The summed E-state index contributed by atoms with van der Waals surface area (Å²) in [4.78, 5) is 15.8. The van der Waals surface area contributed by atoms with E-state index < -0.39 is 37.6 Å². The summed E-state index contributed by atoms with van der Waals surface area (Å²) in [6.45, 7) is 3.59. The van der Waals surface area contributed by atoms with Gasteiger partial charge in [-0.15, -0.1) is 0 Å².